The summed E-state index contributed by atoms with van der Waals surface area (Å²) in [5.41, 5.74) is 3.62. The van der Waals surface area contributed by atoms with Crippen molar-refractivity contribution in [3.8, 4) is 0 Å². The Morgan fingerprint density at radius 1 is 1.03 bits per heavy atom. The van der Waals surface area contributed by atoms with Crippen molar-refractivity contribution in [2.75, 3.05) is 30.8 Å². The highest BCUT2D eigenvalue weighted by Gasteiger charge is 2.23. The van der Waals surface area contributed by atoms with Crippen LogP contribution in [-0.2, 0) is 10.0 Å². The fraction of sp³-hybridized carbons (Fsp3) is 0.476. The van der Waals surface area contributed by atoms with Gasteiger partial charge in [0, 0.05) is 18.8 Å². The molecule has 0 fully saturated rings. The first-order valence-corrected chi connectivity index (χ1v) is 11.7. The minimum Gasteiger partial charge on any atom is -0.367 e. The molecule has 2 aromatic rings. The molecule has 2 amide bonds. The van der Waals surface area contributed by atoms with Gasteiger partial charge in [0.05, 0.1) is 12.4 Å². The molecule has 9 nitrogen and oxygen atoms in total. The molecule has 10 heteroatoms. The zero-order chi connectivity index (χ0) is 23.2. The molecular weight excluding hydrogens is 416 g/mol. The second-order valence-electron chi connectivity index (χ2n) is 7.96. The number of benzene rings is 1. The smallest absolute Gasteiger partial charge is 0.333 e. The van der Waals surface area contributed by atoms with Crippen LogP contribution >= 0.6 is 0 Å². The lowest BCUT2D eigenvalue weighted by molar-refractivity contribution is 0.256. The van der Waals surface area contributed by atoms with Crippen molar-refractivity contribution in [1.82, 2.24) is 20.0 Å². The summed E-state index contributed by atoms with van der Waals surface area (Å²) in [5, 5.41) is 8.34. The number of hydrogen-bond acceptors (Lipinski definition) is 7. The summed E-state index contributed by atoms with van der Waals surface area (Å²) >= 11 is 0. The molecule has 0 saturated heterocycles. The lowest BCUT2D eigenvalue weighted by atomic mass is 9.90. The Morgan fingerprint density at radius 2 is 1.65 bits per heavy atom. The van der Waals surface area contributed by atoms with Gasteiger partial charge in [0.2, 0.25) is 0 Å². The van der Waals surface area contributed by atoms with Crippen LogP contribution < -0.4 is 20.7 Å². The van der Waals surface area contributed by atoms with Crippen LogP contribution in [-0.4, -0.2) is 44.6 Å². The van der Waals surface area contributed by atoms with E-state index in [0.29, 0.717) is 24.6 Å². The highest BCUT2D eigenvalue weighted by Crippen LogP contribution is 2.33. The van der Waals surface area contributed by atoms with Gasteiger partial charge in [-0.15, -0.1) is 0 Å². The Labute approximate surface area is 184 Å². The highest BCUT2D eigenvalue weighted by molar-refractivity contribution is 7.90. The summed E-state index contributed by atoms with van der Waals surface area (Å²) in [6.07, 6.45) is 2.52. The molecule has 0 atom stereocenters. The Balaban J connectivity index is 2.25. The largest absolute Gasteiger partial charge is 0.367 e. The van der Waals surface area contributed by atoms with Crippen LogP contribution in [0.25, 0.3) is 0 Å². The van der Waals surface area contributed by atoms with E-state index < -0.39 is 16.1 Å². The second-order valence-corrected chi connectivity index (χ2v) is 9.59. The van der Waals surface area contributed by atoms with E-state index in [-0.39, 0.29) is 16.9 Å². The van der Waals surface area contributed by atoms with E-state index in [2.05, 4.69) is 25.9 Å². The van der Waals surface area contributed by atoms with Crippen LogP contribution in [0.4, 0.5) is 16.3 Å². The lowest BCUT2D eigenvalue weighted by Gasteiger charge is -2.21. The number of likely N-dealkylation sites (N-methyl/N-ethyl adjacent to an activating group) is 1. The van der Waals surface area contributed by atoms with Crippen molar-refractivity contribution in [3.05, 3.63) is 41.2 Å². The van der Waals surface area contributed by atoms with Crippen molar-refractivity contribution >= 4 is 27.6 Å². The summed E-state index contributed by atoms with van der Waals surface area (Å²) in [6, 6.07) is 3.17. The SMILES string of the molecule is CNCCNc1cncc(S(=O)(=O)NC(=O)Nc2c(C(C)C)cc(C)cc2C(C)C)n1. The number of nitrogens with zero attached hydrogens (tertiary/aromatic N) is 2. The predicted octanol–water partition coefficient (Wildman–Crippen LogP) is 3.17. The Hall–Kier alpha value is -2.72. The number of nitrogens with one attached hydrogen (secondary N) is 4. The van der Waals surface area contributed by atoms with E-state index in [1.165, 1.54) is 6.20 Å². The molecule has 0 aliphatic rings. The molecule has 4 N–H and O–H groups in total. The summed E-state index contributed by atoms with van der Waals surface area (Å²) in [5.74, 6) is 0.604. The van der Waals surface area contributed by atoms with E-state index >= 15 is 0 Å². The van der Waals surface area contributed by atoms with E-state index in [4.69, 9.17) is 0 Å². The zero-order valence-corrected chi connectivity index (χ0v) is 19.7. The maximum atomic E-state index is 12.7. The zero-order valence-electron chi connectivity index (χ0n) is 18.9. The molecule has 31 heavy (non-hydrogen) atoms. The fourth-order valence-corrected chi connectivity index (χ4v) is 3.91. The summed E-state index contributed by atoms with van der Waals surface area (Å²) in [7, 11) is -2.39. The molecule has 0 spiro atoms. The normalized spacial score (nSPS) is 11.6. The van der Waals surface area contributed by atoms with Crippen LogP contribution in [0.1, 0.15) is 56.2 Å². The van der Waals surface area contributed by atoms with Gasteiger partial charge in [-0.2, -0.15) is 8.42 Å². The number of rotatable bonds is 9. The molecule has 0 radical (unpaired) electrons. The van der Waals surface area contributed by atoms with E-state index in [1.807, 2.05) is 51.5 Å². The number of amides is 2. The molecule has 0 saturated carbocycles. The third-order valence-electron chi connectivity index (χ3n) is 4.62. The molecule has 1 aromatic heterocycles. The van der Waals surface area contributed by atoms with Crippen molar-refractivity contribution in [2.45, 2.75) is 51.5 Å². The first-order chi connectivity index (χ1) is 14.5. The van der Waals surface area contributed by atoms with Gasteiger partial charge in [0.15, 0.2) is 5.03 Å². The van der Waals surface area contributed by atoms with E-state index in [9.17, 15) is 13.2 Å². The van der Waals surface area contributed by atoms with Crippen LogP contribution in [0, 0.1) is 6.92 Å². The third-order valence-corrected chi connectivity index (χ3v) is 5.82. The van der Waals surface area contributed by atoms with Gasteiger partial charge >= 0.3 is 6.03 Å². The Morgan fingerprint density at radius 3 is 2.19 bits per heavy atom. The van der Waals surface area contributed by atoms with Gasteiger partial charge in [0.1, 0.15) is 5.82 Å². The topological polar surface area (TPSA) is 125 Å². The molecule has 2 rings (SSSR count). The summed E-state index contributed by atoms with van der Waals surface area (Å²) < 4.78 is 27.4. The molecule has 0 aliphatic carbocycles. The van der Waals surface area contributed by atoms with Crippen LogP contribution in [0.15, 0.2) is 29.6 Å². The van der Waals surface area contributed by atoms with Crippen LogP contribution in [0.2, 0.25) is 0 Å². The van der Waals surface area contributed by atoms with Gasteiger partial charge in [0.25, 0.3) is 10.0 Å². The van der Waals surface area contributed by atoms with Crippen molar-refractivity contribution in [2.24, 2.45) is 0 Å². The standard InChI is InChI=1S/C21H32N6O3S/c1-13(2)16-9-15(5)10-17(14(3)4)20(16)26-21(28)27-31(29,30)19-12-23-11-18(25-19)24-8-7-22-6/h9-14,22H,7-8H2,1-6H3,(H,24,25)(H2,26,27,28). The lowest BCUT2D eigenvalue weighted by Crippen LogP contribution is -2.35. The Bertz CT molecular complexity index is 993. The van der Waals surface area contributed by atoms with Crippen LogP contribution in [0.5, 0.6) is 0 Å². The van der Waals surface area contributed by atoms with Gasteiger partial charge in [-0.1, -0.05) is 45.4 Å². The molecule has 0 aliphatic heterocycles. The van der Waals surface area contributed by atoms with Gasteiger partial charge in [-0.25, -0.2) is 14.5 Å². The van der Waals surface area contributed by atoms with Crippen LogP contribution in [0.3, 0.4) is 0 Å². The third kappa shape index (κ3) is 6.63. The minimum absolute atomic E-state index is 0.149. The number of carbonyl (C=O) groups is 1. The average molecular weight is 449 g/mol. The monoisotopic (exact) mass is 448 g/mol. The second kappa shape index (κ2) is 10.5. The van der Waals surface area contributed by atoms with Gasteiger partial charge in [-0.3, -0.25) is 4.98 Å². The van der Waals surface area contributed by atoms with Gasteiger partial charge < -0.3 is 16.0 Å². The van der Waals surface area contributed by atoms with E-state index in [0.717, 1.165) is 22.9 Å². The highest BCUT2D eigenvalue weighted by atomic mass is 32.2. The fourth-order valence-electron chi connectivity index (χ4n) is 3.09. The predicted molar refractivity (Wildman–Crippen MR) is 123 cm³/mol. The molecule has 170 valence electrons. The van der Waals surface area contributed by atoms with Crippen molar-refractivity contribution < 1.29 is 13.2 Å². The summed E-state index contributed by atoms with van der Waals surface area (Å²) in [6.45, 7) is 11.3. The van der Waals surface area contributed by atoms with Crippen molar-refractivity contribution in [1.29, 1.82) is 0 Å². The number of aromatic nitrogens is 2. The maximum absolute atomic E-state index is 12.7. The number of urea groups is 1. The molecular formula is C21H32N6O3S. The Kier molecular flexibility index (Phi) is 8.35. The first-order valence-electron chi connectivity index (χ1n) is 10.2. The maximum Gasteiger partial charge on any atom is 0.333 e. The first kappa shape index (κ1) is 24.5. The van der Waals surface area contributed by atoms with Crippen molar-refractivity contribution in [3.63, 3.8) is 0 Å². The molecule has 1 heterocycles. The minimum atomic E-state index is -4.20. The van der Waals surface area contributed by atoms with Gasteiger partial charge in [-0.05, 0) is 36.9 Å². The molecule has 0 unspecified atom stereocenters. The quantitative estimate of drug-likeness (QED) is 0.434. The summed E-state index contributed by atoms with van der Waals surface area (Å²) in [4.78, 5) is 20.6. The molecule has 1 aromatic carbocycles. The molecule has 0 bridgehead atoms. The number of sulfonamides is 1. The number of anilines is 2. The number of aryl methyl sites for hydroxylation is 1. The number of hydrogen-bond donors (Lipinski definition) is 4. The average Bonchev–Trinajstić information content (AvgIpc) is 2.68. The number of carbonyl (C=O) groups excluding carboxylic acids is 1. The van der Waals surface area contributed by atoms with E-state index in [1.54, 1.807) is 7.05 Å².